The molecule has 2 aromatic rings. The van der Waals surface area contributed by atoms with Crippen LogP contribution in [0.5, 0.6) is 0 Å². The molecule has 0 amide bonds. The van der Waals surface area contributed by atoms with Crippen molar-refractivity contribution in [3.8, 4) is 10.8 Å². The molecule has 2 N–H and O–H groups in total. The van der Waals surface area contributed by atoms with Crippen LogP contribution in [0.2, 0.25) is 0 Å². The van der Waals surface area contributed by atoms with Crippen LogP contribution in [0.15, 0.2) is 16.7 Å². The second-order valence-electron chi connectivity index (χ2n) is 3.63. The zero-order valence-electron chi connectivity index (χ0n) is 9.84. The fourth-order valence-corrected chi connectivity index (χ4v) is 2.14. The molecule has 17 heavy (non-hydrogen) atoms. The first-order valence-electron chi connectivity index (χ1n) is 5.44. The second-order valence-corrected chi connectivity index (χ2v) is 4.92. The van der Waals surface area contributed by atoms with Gasteiger partial charge in [0.1, 0.15) is 0 Å². The van der Waals surface area contributed by atoms with Crippen molar-refractivity contribution in [1.82, 2.24) is 10.1 Å². The third-order valence-electron chi connectivity index (χ3n) is 2.23. The van der Waals surface area contributed by atoms with Crippen LogP contribution in [0, 0.1) is 6.92 Å². The molecule has 0 aliphatic rings. The van der Waals surface area contributed by atoms with Crippen LogP contribution in [0.1, 0.15) is 23.7 Å². The Morgan fingerprint density at radius 3 is 3.00 bits per heavy atom. The number of rotatable bonds is 5. The molecule has 0 aromatic carbocycles. The van der Waals surface area contributed by atoms with Gasteiger partial charge in [0, 0.05) is 11.5 Å². The summed E-state index contributed by atoms with van der Waals surface area (Å²) in [5.41, 5.74) is 5.87. The Morgan fingerprint density at radius 1 is 1.53 bits per heavy atom. The van der Waals surface area contributed by atoms with E-state index in [9.17, 15) is 0 Å². The van der Waals surface area contributed by atoms with Gasteiger partial charge in [-0.2, -0.15) is 4.98 Å². The summed E-state index contributed by atoms with van der Waals surface area (Å²) in [4.78, 5) is 6.44. The predicted molar refractivity (Wildman–Crippen MR) is 65.8 cm³/mol. The van der Waals surface area contributed by atoms with Crippen molar-refractivity contribution in [3.05, 3.63) is 22.8 Å². The van der Waals surface area contributed by atoms with E-state index in [1.165, 1.54) is 4.88 Å². The summed E-state index contributed by atoms with van der Waals surface area (Å²) < 4.78 is 10.4. The number of hydrogen-bond acceptors (Lipinski definition) is 6. The zero-order chi connectivity index (χ0) is 12.3. The van der Waals surface area contributed by atoms with Crippen LogP contribution in [0.3, 0.4) is 0 Å². The monoisotopic (exact) mass is 253 g/mol. The van der Waals surface area contributed by atoms with Gasteiger partial charge in [-0.3, -0.25) is 0 Å². The molecular formula is C11H15N3O2S. The standard InChI is InChI=1S/C11H15N3O2S/c1-3-15-6-8(12)10-13-11(16-14-10)9-5-4-7(2)17-9/h4-5,8H,3,6,12H2,1-2H3. The summed E-state index contributed by atoms with van der Waals surface area (Å²) in [6.45, 7) is 4.98. The first-order valence-corrected chi connectivity index (χ1v) is 6.26. The van der Waals surface area contributed by atoms with Crippen LogP contribution in [0.25, 0.3) is 10.8 Å². The van der Waals surface area contributed by atoms with Gasteiger partial charge in [-0.25, -0.2) is 0 Å². The topological polar surface area (TPSA) is 74.2 Å². The van der Waals surface area contributed by atoms with Crippen LogP contribution in [-0.2, 0) is 4.74 Å². The highest BCUT2D eigenvalue weighted by Crippen LogP contribution is 2.26. The van der Waals surface area contributed by atoms with Gasteiger partial charge >= 0.3 is 0 Å². The molecule has 0 saturated heterocycles. The molecule has 2 heterocycles. The molecule has 0 aliphatic carbocycles. The summed E-state index contributed by atoms with van der Waals surface area (Å²) in [6.07, 6.45) is 0. The molecule has 2 rings (SSSR count). The number of ether oxygens (including phenoxy) is 1. The highest BCUT2D eigenvalue weighted by molar-refractivity contribution is 7.15. The Kier molecular flexibility index (Phi) is 3.88. The summed E-state index contributed by atoms with van der Waals surface area (Å²) in [7, 11) is 0. The molecule has 0 fully saturated rings. The molecule has 5 nitrogen and oxygen atoms in total. The highest BCUT2D eigenvalue weighted by Gasteiger charge is 2.16. The van der Waals surface area contributed by atoms with E-state index in [-0.39, 0.29) is 6.04 Å². The lowest BCUT2D eigenvalue weighted by molar-refractivity contribution is 0.130. The summed E-state index contributed by atoms with van der Waals surface area (Å²) in [6, 6.07) is 3.64. The van der Waals surface area contributed by atoms with Gasteiger partial charge in [-0.15, -0.1) is 11.3 Å². The lowest BCUT2D eigenvalue weighted by Gasteiger charge is -2.05. The van der Waals surface area contributed by atoms with Gasteiger partial charge in [0.05, 0.1) is 17.5 Å². The number of hydrogen-bond donors (Lipinski definition) is 1. The van der Waals surface area contributed by atoms with E-state index in [2.05, 4.69) is 10.1 Å². The van der Waals surface area contributed by atoms with Crippen molar-refractivity contribution in [2.45, 2.75) is 19.9 Å². The molecular weight excluding hydrogens is 238 g/mol. The van der Waals surface area contributed by atoms with Crippen molar-refractivity contribution < 1.29 is 9.26 Å². The SMILES string of the molecule is CCOCC(N)c1noc(-c2ccc(C)s2)n1. The van der Waals surface area contributed by atoms with Crippen molar-refractivity contribution >= 4 is 11.3 Å². The summed E-state index contributed by atoms with van der Waals surface area (Å²) in [5.74, 6) is 1.00. The highest BCUT2D eigenvalue weighted by atomic mass is 32.1. The minimum absolute atomic E-state index is 0.339. The van der Waals surface area contributed by atoms with E-state index < -0.39 is 0 Å². The summed E-state index contributed by atoms with van der Waals surface area (Å²) in [5, 5.41) is 3.87. The average Bonchev–Trinajstić information content (AvgIpc) is 2.93. The lowest BCUT2D eigenvalue weighted by atomic mass is 10.3. The van der Waals surface area contributed by atoms with Crippen LogP contribution in [0.4, 0.5) is 0 Å². The quantitative estimate of drug-likeness (QED) is 0.883. The van der Waals surface area contributed by atoms with Crippen LogP contribution < -0.4 is 5.73 Å². The van der Waals surface area contributed by atoms with Gasteiger partial charge < -0.3 is 15.0 Å². The van der Waals surface area contributed by atoms with E-state index >= 15 is 0 Å². The molecule has 0 bridgehead atoms. The van der Waals surface area contributed by atoms with Crippen LogP contribution in [-0.4, -0.2) is 23.4 Å². The first kappa shape index (κ1) is 12.2. The number of aryl methyl sites for hydroxylation is 1. The minimum Gasteiger partial charge on any atom is -0.380 e. The van der Waals surface area contributed by atoms with E-state index in [1.54, 1.807) is 11.3 Å². The van der Waals surface area contributed by atoms with Gasteiger partial charge in [0.15, 0.2) is 5.82 Å². The Balaban J connectivity index is 2.10. The number of thiophene rings is 1. The van der Waals surface area contributed by atoms with Gasteiger partial charge in [0.2, 0.25) is 0 Å². The number of nitrogens with zero attached hydrogens (tertiary/aromatic N) is 2. The Bertz CT molecular complexity index is 481. The van der Waals surface area contributed by atoms with E-state index in [4.69, 9.17) is 15.0 Å². The second kappa shape index (κ2) is 5.39. The first-order chi connectivity index (χ1) is 8.20. The van der Waals surface area contributed by atoms with Crippen molar-refractivity contribution in [2.24, 2.45) is 5.73 Å². The maximum Gasteiger partial charge on any atom is 0.268 e. The third-order valence-corrected chi connectivity index (χ3v) is 3.21. The van der Waals surface area contributed by atoms with E-state index in [0.717, 1.165) is 4.88 Å². The average molecular weight is 253 g/mol. The Morgan fingerprint density at radius 2 is 2.35 bits per heavy atom. The number of aromatic nitrogens is 2. The van der Waals surface area contributed by atoms with Crippen molar-refractivity contribution in [2.75, 3.05) is 13.2 Å². The Labute approximate surface area is 104 Å². The fourth-order valence-electron chi connectivity index (χ4n) is 1.35. The summed E-state index contributed by atoms with van der Waals surface area (Å²) >= 11 is 1.62. The molecule has 0 aliphatic heterocycles. The maximum absolute atomic E-state index is 5.87. The van der Waals surface area contributed by atoms with E-state index in [1.807, 2.05) is 26.0 Å². The minimum atomic E-state index is -0.339. The predicted octanol–water partition coefficient (Wildman–Crippen LogP) is 2.14. The third kappa shape index (κ3) is 2.91. The Hall–Kier alpha value is -1.24. The smallest absolute Gasteiger partial charge is 0.268 e. The molecule has 92 valence electrons. The largest absolute Gasteiger partial charge is 0.380 e. The van der Waals surface area contributed by atoms with Gasteiger partial charge in [-0.05, 0) is 26.0 Å². The van der Waals surface area contributed by atoms with Crippen LogP contribution >= 0.6 is 11.3 Å². The number of nitrogens with two attached hydrogens (primary N) is 1. The molecule has 2 aromatic heterocycles. The van der Waals surface area contributed by atoms with E-state index in [0.29, 0.717) is 24.9 Å². The lowest BCUT2D eigenvalue weighted by Crippen LogP contribution is -2.18. The molecule has 6 heteroatoms. The zero-order valence-corrected chi connectivity index (χ0v) is 10.7. The molecule has 1 atom stereocenters. The molecule has 0 saturated carbocycles. The molecule has 1 unspecified atom stereocenters. The van der Waals surface area contributed by atoms with Crippen molar-refractivity contribution in [1.29, 1.82) is 0 Å². The normalized spacial score (nSPS) is 12.9. The van der Waals surface area contributed by atoms with Gasteiger partial charge in [0.25, 0.3) is 5.89 Å². The maximum atomic E-state index is 5.87. The molecule has 0 radical (unpaired) electrons. The molecule has 0 spiro atoms. The van der Waals surface area contributed by atoms with Gasteiger partial charge in [-0.1, -0.05) is 5.16 Å². The van der Waals surface area contributed by atoms with Crippen molar-refractivity contribution in [3.63, 3.8) is 0 Å². The fraction of sp³-hybridized carbons (Fsp3) is 0.455.